The van der Waals surface area contributed by atoms with Gasteiger partial charge < -0.3 is 5.11 Å². The van der Waals surface area contributed by atoms with Crippen LogP contribution in [0.25, 0.3) is 0 Å². The van der Waals surface area contributed by atoms with Crippen molar-refractivity contribution in [2.45, 2.75) is 20.0 Å². The summed E-state index contributed by atoms with van der Waals surface area (Å²) in [6.07, 6.45) is -0.495. The Morgan fingerprint density at radius 1 is 1.38 bits per heavy atom. The minimum atomic E-state index is -0.495. The third-order valence-corrected chi connectivity index (χ3v) is 2.75. The van der Waals surface area contributed by atoms with Crippen LogP contribution in [0, 0.1) is 5.92 Å². The fraction of sp³-hybridized carbons (Fsp3) is 0.400. The molecule has 0 spiro atoms. The lowest BCUT2D eigenvalue weighted by atomic mass is 9.99. The molecule has 0 fully saturated rings. The summed E-state index contributed by atoms with van der Waals surface area (Å²) in [4.78, 5) is 0. The fourth-order valence-corrected chi connectivity index (χ4v) is 1.71. The highest BCUT2D eigenvalue weighted by molar-refractivity contribution is 9.10. The maximum Gasteiger partial charge on any atom is 0.0827 e. The van der Waals surface area contributed by atoms with Crippen molar-refractivity contribution in [3.05, 3.63) is 33.3 Å². The maximum absolute atomic E-state index is 9.80. The van der Waals surface area contributed by atoms with Crippen LogP contribution in [-0.4, -0.2) is 5.11 Å². The second-order valence-corrected chi connectivity index (χ2v) is 4.68. The molecule has 0 aliphatic heterocycles. The number of rotatable bonds is 2. The van der Waals surface area contributed by atoms with Crippen molar-refractivity contribution in [2.75, 3.05) is 0 Å². The van der Waals surface area contributed by atoms with Crippen molar-refractivity contribution in [2.24, 2.45) is 5.92 Å². The van der Waals surface area contributed by atoms with E-state index < -0.39 is 6.10 Å². The van der Waals surface area contributed by atoms with E-state index in [1.807, 2.05) is 26.0 Å². The molecule has 1 aromatic carbocycles. The first-order chi connectivity index (χ1) is 6.02. The van der Waals surface area contributed by atoms with Gasteiger partial charge in [-0.15, -0.1) is 0 Å². The second-order valence-electron chi connectivity index (χ2n) is 3.35. The molecule has 3 heteroatoms. The molecular formula is C10H12BrClO. The Hall–Kier alpha value is -0.0500. The maximum atomic E-state index is 9.80. The molecule has 0 amide bonds. The van der Waals surface area contributed by atoms with Gasteiger partial charge in [0.15, 0.2) is 0 Å². The Balaban J connectivity index is 3.05. The average Bonchev–Trinajstić information content (AvgIpc) is 2.08. The predicted molar refractivity (Wildman–Crippen MR) is 58.9 cm³/mol. The molecule has 0 bridgehead atoms. The molecule has 0 aliphatic rings. The van der Waals surface area contributed by atoms with E-state index >= 15 is 0 Å². The lowest BCUT2D eigenvalue weighted by Gasteiger charge is -2.16. The average molecular weight is 264 g/mol. The number of halogens is 2. The lowest BCUT2D eigenvalue weighted by molar-refractivity contribution is 0.127. The standard InChI is InChI=1S/C10H12BrClO/c1-6(2)10(13)8-5-7(11)3-4-9(8)12/h3-6,10,13H,1-2H3. The lowest BCUT2D eigenvalue weighted by Crippen LogP contribution is -2.05. The first-order valence-electron chi connectivity index (χ1n) is 4.15. The van der Waals surface area contributed by atoms with Crippen molar-refractivity contribution in [3.63, 3.8) is 0 Å². The van der Waals surface area contributed by atoms with Gasteiger partial charge in [0.25, 0.3) is 0 Å². The van der Waals surface area contributed by atoms with Crippen molar-refractivity contribution >= 4 is 27.5 Å². The van der Waals surface area contributed by atoms with Gasteiger partial charge in [0.2, 0.25) is 0 Å². The molecule has 13 heavy (non-hydrogen) atoms. The molecule has 0 radical (unpaired) electrons. The summed E-state index contributed by atoms with van der Waals surface area (Å²) in [5.74, 6) is 0.173. The van der Waals surface area contributed by atoms with Crippen molar-refractivity contribution in [3.8, 4) is 0 Å². The van der Waals surface area contributed by atoms with Gasteiger partial charge >= 0.3 is 0 Å². The van der Waals surface area contributed by atoms with Crippen LogP contribution in [0.4, 0.5) is 0 Å². The zero-order chi connectivity index (χ0) is 10.0. The van der Waals surface area contributed by atoms with Crippen LogP contribution in [0.3, 0.4) is 0 Å². The van der Waals surface area contributed by atoms with E-state index in [2.05, 4.69) is 15.9 Å². The van der Waals surface area contributed by atoms with E-state index in [1.165, 1.54) is 0 Å². The van der Waals surface area contributed by atoms with Gasteiger partial charge in [-0.25, -0.2) is 0 Å². The Bertz CT molecular complexity index is 299. The molecular weight excluding hydrogens is 251 g/mol. The molecule has 1 aromatic rings. The zero-order valence-electron chi connectivity index (χ0n) is 7.59. The summed E-state index contributed by atoms with van der Waals surface area (Å²) >= 11 is 9.30. The molecule has 0 heterocycles. The van der Waals surface area contributed by atoms with Gasteiger partial charge in [-0.1, -0.05) is 41.4 Å². The van der Waals surface area contributed by atoms with Crippen molar-refractivity contribution in [1.29, 1.82) is 0 Å². The predicted octanol–water partition coefficient (Wildman–Crippen LogP) is 3.79. The fourth-order valence-electron chi connectivity index (χ4n) is 1.10. The number of hydrogen-bond acceptors (Lipinski definition) is 1. The van der Waals surface area contributed by atoms with E-state index in [0.29, 0.717) is 5.02 Å². The second kappa shape index (κ2) is 4.45. The SMILES string of the molecule is CC(C)C(O)c1cc(Br)ccc1Cl. The van der Waals surface area contributed by atoms with Gasteiger partial charge in [-0.3, -0.25) is 0 Å². The van der Waals surface area contributed by atoms with Crippen molar-refractivity contribution < 1.29 is 5.11 Å². The smallest absolute Gasteiger partial charge is 0.0827 e. The van der Waals surface area contributed by atoms with Crippen LogP contribution in [-0.2, 0) is 0 Å². The molecule has 0 saturated heterocycles. The Morgan fingerprint density at radius 2 is 2.00 bits per heavy atom. The van der Waals surface area contributed by atoms with Gasteiger partial charge in [0.1, 0.15) is 0 Å². The van der Waals surface area contributed by atoms with Gasteiger partial charge in [-0.2, -0.15) is 0 Å². The van der Waals surface area contributed by atoms with E-state index in [-0.39, 0.29) is 5.92 Å². The molecule has 0 aliphatic carbocycles. The minimum absolute atomic E-state index is 0.173. The van der Waals surface area contributed by atoms with Crippen LogP contribution < -0.4 is 0 Å². The van der Waals surface area contributed by atoms with Crippen LogP contribution in [0.1, 0.15) is 25.5 Å². The molecule has 1 nitrogen and oxygen atoms in total. The van der Waals surface area contributed by atoms with Gasteiger partial charge in [0, 0.05) is 15.1 Å². The van der Waals surface area contributed by atoms with Crippen LogP contribution in [0.15, 0.2) is 22.7 Å². The highest BCUT2D eigenvalue weighted by atomic mass is 79.9. The summed E-state index contributed by atoms with van der Waals surface area (Å²) in [6.45, 7) is 3.92. The normalized spacial score (nSPS) is 13.4. The molecule has 72 valence electrons. The molecule has 1 rings (SSSR count). The highest BCUT2D eigenvalue weighted by Crippen LogP contribution is 2.30. The van der Waals surface area contributed by atoms with Gasteiger partial charge in [0.05, 0.1) is 6.10 Å². The summed E-state index contributed by atoms with van der Waals surface area (Å²) < 4.78 is 0.937. The zero-order valence-corrected chi connectivity index (χ0v) is 9.93. The topological polar surface area (TPSA) is 20.2 Å². The number of aliphatic hydroxyl groups excluding tert-OH is 1. The molecule has 0 saturated carbocycles. The molecule has 1 unspecified atom stereocenters. The molecule has 1 N–H and O–H groups in total. The monoisotopic (exact) mass is 262 g/mol. The largest absolute Gasteiger partial charge is 0.388 e. The number of benzene rings is 1. The Kier molecular flexibility index (Phi) is 3.77. The summed E-state index contributed by atoms with van der Waals surface area (Å²) in [5.41, 5.74) is 0.783. The molecule has 0 aromatic heterocycles. The third kappa shape index (κ3) is 2.70. The van der Waals surface area contributed by atoms with E-state index in [9.17, 15) is 5.11 Å². The van der Waals surface area contributed by atoms with E-state index in [4.69, 9.17) is 11.6 Å². The summed E-state index contributed by atoms with van der Waals surface area (Å²) in [7, 11) is 0. The first kappa shape index (κ1) is 11.0. The van der Waals surface area contributed by atoms with Crippen molar-refractivity contribution in [1.82, 2.24) is 0 Å². The molecule has 1 atom stereocenters. The quantitative estimate of drug-likeness (QED) is 0.861. The third-order valence-electron chi connectivity index (χ3n) is 1.91. The first-order valence-corrected chi connectivity index (χ1v) is 5.32. The Labute approximate surface area is 91.9 Å². The van der Waals surface area contributed by atoms with Gasteiger partial charge in [-0.05, 0) is 24.1 Å². The van der Waals surface area contributed by atoms with Crippen LogP contribution >= 0.6 is 27.5 Å². The summed E-state index contributed by atoms with van der Waals surface area (Å²) in [5, 5.41) is 10.4. The van der Waals surface area contributed by atoms with Crippen LogP contribution in [0.2, 0.25) is 5.02 Å². The number of aliphatic hydroxyl groups is 1. The number of hydrogen-bond donors (Lipinski definition) is 1. The van der Waals surface area contributed by atoms with E-state index in [1.54, 1.807) is 6.07 Å². The summed E-state index contributed by atoms with van der Waals surface area (Å²) in [6, 6.07) is 5.50. The Morgan fingerprint density at radius 3 is 2.54 bits per heavy atom. The minimum Gasteiger partial charge on any atom is -0.388 e. The van der Waals surface area contributed by atoms with E-state index in [0.717, 1.165) is 10.0 Å². The highest BCUT2D eigenvalue weighted by Gasteiger charge is 2.15. The van der Waals surface area contributed by atoms with Crippen LogP contribution in [0.5, 0.6) is 0 Å².